The van der Waals surface area contributed by atoms with Gasteiger partial charge in [0, 0.05) is 24.7 Å². The summed E-state index contributed by atoms with van der Waals surface area (Å²) in [5, 5.41) is 18.7. The quantitative estimate of drug-likeness (QED) is 0.447. The molecule has 3 atom stereocenters. The van der Waals surface area contributed by atoms with Crippen LogP contribution in [-0.4, -0.2) is 28.1 Å². The number of carboxylic acids is 1. The predicted molar refractivity (Wildman–Crippen MR) is 91.1 cm³/mol. The van der Waals surface area contributed by atoms with Crippen molar-refractivity contribution in [3.63, 3.8) is 0 Å². The Bertz CT molecular complexity index is 425. The van der Waals surface area contributed by atoms with Crippen LogP contribution in [0.3, 0.4) is 0 Å². The highest BCUT2D eigenvalue weighted by Gasteiger charge is 2.38. The van der Waals surface area contributed by atoms with Gasteiger partial charge in [-0.15, -0.1) is 0 Å². The number of ketones is 1. The standard InChI is InChI=1S/C19H30O4/c1-2-3-4-5-6-8-11-15-16(18(21)14-17(15)20)12-9-7-10-13-19(22)23/h7-9,11,15-17,20H,2-6,10,12-14H2,1H3,(H,22,23)/b9-7+,11-8+/t15-,16-,17?/m1/s1. The van der Waals surface area contributed by atoms with Crippen molar-refractivity contribution in [2.75, 3.05) is 0 Å². The molecule has 2 N–H and O–H groups in total. The van der Waals surface area contributed by atoms with Gasteiger partial charge in [0.05, 0.1) is 6.10 Å². The Balaban J connectivity index is 2.43. The van der Waals surface area contributed by atoms with E-state index in [1.54, 1.807) is 0 Å². The van der Waals surface area contributed by atoms with Gasteiger partial charge in [0.25, 0.3) is 0 Å². The van der Waals surface area contributed by atoms with Crippen LogP contribution in [0.1, 0.15) is 64.7 Å². The fourth-order valence-corrected chi connectivity index (χ4v) is 3.04. The number of aliphatic hydroxyl groups is 1. The maximum atomic E-state index is 12.0. The highest BCUT2D eigenvalue weighted by molar-refractivity contribution is 5.84. The Hall–Kier alpha value is -1.42. The van der Waals surface area contributed by atoms with E-state index in [0.29, 0.717) is 12.8 Å². The number of hydrogen-bond acceptors (Lipinski definition) is 3. The van der Waals surface area contributed by atoms with Gasteiger partial charge in [-0.2, -0.15) is 0 Å². The van der Waals surface area contributed by atoms with Crippen LogP contribution >= 0.6 is 0 Å². The van der Waals surface area contributed by atoms with E-state index < -0.39 is 12.1 Å². The average Bonchev–Trinajstić information content (AvgIpc) is 2.76. The van der Waals surface area contributed by atoms with Crippen molar-refractivity contribution in [2.24, 2.45) is 11.8 Å². The van der Waals surface area contributed by atoms with Crippen molar-refractivity contribution in [3.05, 3.63) is 24.3 Å². The molecule has 0 radical (unpaired) electrons. The summed E-state index contributed by atoms with van der Waals surface area (Å²) in [7, 11) is 0. The first-order chi connectivity index (χ1) is 11.1. The summed E-state index contributed by atoms with van der Waals surface area (Å²) in [5.41, 5.74) is 0. The molecule has 0 aliphatic heterocycles. The molecule has 4 nitrogen and oxygen atoms in total. The zero-order valence-electron chi connectivity index (χ0n) is 14.1. The molecule has 0 amide bonds. The number of allylic oxidation sites excluding steroid dienone is 3. The number of aliphatic hydroxyl groups excluding tert-OH is 1. The van der Waals surface area contributed by atoms with E-state index in [4.69, 9.17) is 5.11 Å². The van der Waals surface area contributed by atoms with E-state index in [9.17, 15) is 14.7 Å². The monoisotopic (exact) mass is 322 g/mol. The van der Waals surface area contributed by atoms with Crippen LogP contribution in [0.25, 0.3) is 0 Å². The van der Waals surface area contributed by atoms with Gasteiger partial charge in [-0.3, -0.25) is 9.59 Å². The first-order valence-corrected chi connectivity index (χ1v) is 8.80. The normalized spacial score (nSPS) is 25.0. The molecule has 4 heteroatoms. The summed E-state index contributed by atoms with van der Waals surface area (Å²) in [6.45, 7) is 2.19. The predicted octanol–water partition coefficient (Wildman–Crippen LogP) is 3.89. The topological polar surface area (TPSA) is 74.6 Å². The highest BCUT2D eigenvalue weighted by atomic mass is 16.4. The maximum Gasteiger partial charge on any atom is 0.303 e. The van der Waals surface area contributed by atoms with Gasteiger partial charge in [0.2, 0.25) is 0 Å². The first kappa shape index (κ1) is 19.6. The fourth-order valence-electron chi connectivity index (χ4n) is 3.04. The van der Waals surface area contributed by atoms with Gasteiger partial charge in [-0.25, -0.2) is 0 Å². The van der Waals surface area contributed by atoms with E-state index in [1.165, 1.54) is 19.3 Å². The molecule has 1 fully saturated rings. The molecular weight excluding hydrogens is 292 g/mol. The van der Waals surface area contributed by atoms with E-state index >= 15 is 0 Å². The number of carboxylic acid groups (broad SMARTS) is 1. The molecule has 1 saturated carbocycles. The molecule has 0 spiro atoms. The van der Waals surface area contributed by atoms with Crippen molar-refractivity contribution in [3.8, 4) is 0 Å². The van der Waals surface area contributed by atoms with Crippen molar-refractivity contribution in [2.45, 2.75) is 70.8 Å². The second kappa shape index (κ2) is 11.2. The van der Waals surface area contributed by atoms with Gasteiger partial charge < -0.3 is 10.2 Å². The van der Waals surface area contributed by atoms with E-state index in [1.807, 2.05) is 18.2 Å². The summed E-state index contributed by atoms with van der Waals surface area (Å²) in [5.74, 6) is -0.970. The third kappa shape index (κ3) is 7.60. The third-order valence-corrected chi connectivity index (χ3v) is 4.40. The second-order valence-electron chi connectivity index (χ2n) is 6.34. The average molecular weight is 322 g/mol. The lowest BCUT2D eigenvalue weighted by Gasteiger charge is -2.15. The smallest absolute Gasteiger partial charge is 0.303 e. The molecule has 1 unspecified atom stereocenters. The van der Waals surface area contributed by atoms with Crippen LogP contribution in [-0.2, 0) is 9.59 Å². The number of rotatable bonds is 11. The molecule has 1 aliphatic rings. The van der Waals surface area contributed by atoms with Crippen LogP contribution < -0.4 is 0 Å². The molecule has 0 aromatic carbocycles. The minimum atomic E-state index is -0.814. The molecule has 0 aromatic heterocycles. The highest BCUT2D eigenvalue weighted by Crippen LogP contribution is 2.33. The van der Waals surface area contributed by atoms with Crippen LogP contribution in [0.5, 0.6) is 0 Å². The Labute approximate surface area is 139 Å². The number of Topliss-reactive ketones (excluding diaryl/α,β-unsaturated/α-hetero) is 1. The first-order valence-electron chi connectivity index (χ1n) is 8.80. The number of unbranched alkanes of at least 4 members (excludes halogenated alkanes) is 4. The van der Waals surface area contributed by atoms with E-state index in [-0.39, 0.29) is 30.5 Å². The summed E-state index contributed by atoms with van der Waals surface area (Å²) in [6.07, 6.45) is 14.5. The van der Waals surface area contributed by atoms with Crippen LogP contribution in [0.4, 0.5) is 0 Å². The van der Waals surface area contributed by atoms with Gasteiger partial charge in [0.1, 0.15) is 5.78 Å². The minimum Gasteiger partial charge on any atom is -0.481 e. The summed E-state index contributed by atoms with van der Waals surface area (Å²) in [6, 6.07) is 0. The molecule has 1 rings (SSSR count). The summed E-state index contributed by atoms with van der Waals surface area (Å²) < 4.78 is 0. The maximum absolute atomic E-state index is 12.0. The number of carbonyl (C=O) groups is 2. The second-order valence-corrected chi connectivity index (χ2v) is 6.34. The fraction of sp³-hybridized carbons (Fsp3) is 0.684. The molecule has 23 heavy (non-hydrogen) atoms. The number of hydrogen-bond donors (Lipinski definition) is 2. The molecule has 1 aliphatic carbocycles. The van der Waals surface area contributed by atoms with Gasteiger partial charge in [-0.05, 0) is 25.7 Å². The number of aliphatic carboxylic acids is 1. The van der Waals surface area contributed by atoms with Crippen LogP contribution in [0.2, 0.25) is 0 Å². The molecule has 0 bridgehead atoms. The Morgan fingerprint density at radius 1 is 1.17 bits per heavy atom. The largest absolute Gasteiger partial charge is 0.481 e. The Morgan fingerprint density at radius 2 is 1.96 bits per heavy atom. The van der Waals surface area contributed by atoms with Crippen molar-refractivity contribution >= 4 is 11.8 Å². The van der Waals surface area contributed by atoms with Crippen molar-refractivity contribution in [1.29, 1.82) is 0 Å². The minimum absolute atomic E-state index is 0.0993. The van der Waals surface area contributed by atoms with Crippen LogP contribution in [0, 0.1) is 11.8 Å². The molecule has 0 heterocycles. The van der Waals surface area contributed by atoms with Gasteiger partial charge >= 0.3 is 5.97 Å². The van der Waals surface area contributed by atoms with E-state index in [0.717, 1.165) is 12.8 Å². The lowest BCUT2D eigenvalue weighted by molar-refractivity contribution is -0.136. The van der Waals surface area contributed by atoms with Crippen molar-refractivity contribution in [1.82, 2.24) is 0 Å². The third-order valence-electron chi connectivity index (χ3n) is 4.40. The van der Waals surface area contributed by atoms with Crippen LogP contribution in [0.15, 0.2) is 24.3 Å². The van der Waals surface area contributed by atoms with Gasteiger partial charge in [-0.1, -0.05) is 50.5 Å². The van der Waals surface area contributed by atoms with Crippen molar-refractivity contribution < 1.29 is 19.8 Å². The number of carbonyl (C=O) groups excluding carboxylic acids is 1. The summed E-state index contributed by atoms with van der Waals surface area (Å²) in [4.78, 5) is 22.5. The zero-order chi connectivity index (χ0) is 17.1. The Morgan fingerprint density at radius 3 is 2.65 bits per heavy atom. The Kier molecular flexibility index (Phi) is 9.53. The molecule has 0 saturated heterocycles. The molecule has 130 valence electrons. The van der Waals surface area contributed by atoms with E-state index in [2.05, 4.69) is 13.0 Å². The lowest BCUT2D eigenvalue weighted by Crippen LogP contribution is -2.17. The zero-order valence-corrected chi connectivity index (χ0v) is 14.1. The molecule has 0 aromatic rings. The lowest BCUT2D eigenvalue weighted by atomic mass is 9.90. The summed E-state index contributed by atoms with van der Waals surface area (Å²) >= 11 is 0. The van der Waals surface area contributed by atoms with Gasteiger partial charge in [0.15, 0.2) is 0 Å². The molecular formula is C19H30O4. The SMILES string of the molecule is CCCCCC/C=C/[C@H]1C(O)CC(=O)[C@@H]1C/C=C/CCC(=O)O.